The molecule has 0 aliphatic rings. The highest BCUT2D eigenvalue weighted by atomic mass is 35.5. The van der Waals surface area contributed by atoms with Gasteiger partial charge in [0.15, 0.2) is 0 Å². The van der Waals surface area contributed by atoms with Crippen LogP contribution in [0.25, 0.3) is 0 Å². The molecule has 0 fully saturated rings. The molecule has 4 nitrogen and oxygen atoms in total. The van der Waals surface area contributed by atoms with Crippen LogP contribution in [0.4, 0.5) is 4.39 Å². The number of nitrogens with one attached hydrogen (secondary N) is 1. The van der Waals surface area contributed by atoms with E-state index in [2.05, 4.69) is 15.4 Å². The maximum atomic E-state index is 13.7. The van der Waals surface area contributed by atoms with Crippen LogP contribution in [0.1, 0.15) is 17.3 Å². The van der Waals surface area contributed by atoms with Gasteiger partial charge in [0.05, 0.1) is 11.7 Å². The van der Waals surface area contributed by atoms with E-state index in [4.69, 9.17) is 17.4 Å². The number of hydrazine groups is 1. The molecule has 94 valence electrons. The fourth-order valence-electron chi connectivity index (χ4n) is 1.69. The SMILES string of the molecule is NNC(Cc1c(F)cccc1Cl)c1ccncn1. The van der Waals surface area contributed by atoms with Crippen molar-refractivity contribution in [1.82, 2.24) is 15.4 Å². The first-order chi connectivity index (χ1) is 8.72. The van der Waals surface area contributed by atoms with Gasteiger partial charge in [0.2, 0.25) is 0 Å². The van der Waals surface area contributed by atoms with Crippen LogP contribution in [0.2, 0.25) is 5.02 Å². The smallest absolute Gasteiger partial charge is 0.127 e. The Morgan fingerprint density at radius 3 is 2.83 bits per heavy atom. The van der Waals surface area contributed by atoms with Crippen LogP contribution < -0.4 is 11.3 Å². The van der Waals surface area contributed by atoms with Crippen LogP contribution in [0.5, 0.6) is 0 Å². The number of aromatic nitrogens is 2. The van der Waals surface area contributed by atoms with E-state index >= 15 is 0 Å². The van der Waals surface area contributed by atoms with Gasteiger partial charge in [-0.25, -0.2) is 14.4 Å². The van der Waals surface area contributed by atoms with Crippen LogP contribution in [-0.4, -0.2) is 9.97 Å². The van der Waals surface area contributed by atoms with Crippen molar-refractivity contribution in [2.75, 3.05) is 0 Å². The maximum Gasteiger partial charge on any atom is 0.127 e. The summed E-state index contributed by atoms with van der Waals surface area (Å²) in [6.07, 6.45) is 3.34. The molecule has 0 aliphatic heterocycles. The Morgan fingerprint density at radius 2 is 2.22 bits per heavy atom. The van der Waals surface area contributed by atoms with E-state index in [0.29, 0.717) is 22.7 Å². The minimum Gasteiger partial charge on any atom is -0.271 e. The van der Waals surface area contributed by atoms with E-state index < -0.39 is 0 Å². The Kier molecular flexibility index (Phi) is 4.19. The van der Waals surface area contributed by atoms with Gasteiger partial charge in [-0.15, -0.1) is 0 Å². The van der Waals surface area contributed by atoms with E-state index in [-0.39, 0.29) is 11.9 Å². The molecule has 1 unspecified atom stereocenters. The van der Waals surface area contributed by atoms with E-state index in [1.54, 1.807) is 24.4 Å². The second kappa shape index (κ2) is 5.86. The molecular formula is C12H12ClFN4. The van der Waals surface area contributed by atoms with Crippen molar-refractivity contribution in [3.8, 4) is 0 Å². The van der Waals surface area contributed by atoms with Crippen molar-refractivity contribution in [3.63, 3.8) is 0 Å². The summed E-state index contributed by atoms with van der Waals surface area (Å²) in [5.41, 5.74) is 3.71. The summed E-state index contributed by atoms with van der Waals surface area (Å²) in [7, 11) is 0. The molecule has 1 aromatic heterocycles. The van der Waals surface area contributed by atoms with Gasteiger partial charge in [-0.3, -0.25) is 11.3 Å². The van der Waals surface area contributed by atoms with Gasteiger partial charge in [-0.1, -0.05) is 17.7 Å². The number of halogens is 2. The van der Waals surface area contributed by atoms with E-state index in [0.717, 1.165) is 0 Å². The molecule has 2 aromatic rings. The van der Waals surface area contributed by atoms with Crippen molar-refractivity contribution in [1.29, 1.82) is 0 Å². The standard InChI is InChI=1S/C12H12ClFN4/c13-9-2-1-3-10(14)8(9)6-12(18-15)11-4-5-16-7-17-11/h1-5,7,12,18H,6,15H2. The van der Waals surface area contributed by atoms with E-state index in [9.17, 15) is 4.39 Å². The lowest BCUT2D eigenvalue weighted by Crippen LogP contribution is -2.30. The predicted molar refractivity (Wildman–Crippen MR) is 67.2 cm³/mol. The molecule has 0 bridgehead atoms. The zero-order valence-electron chi connectivity index (χ0n) is 9.48. The number of rotatable bonds is 4. The maximum absolute atomic E-state index is 13.7. The fraction of sp³-hybridized carbons (Fsp3) is 0.167. The third-order valence-corrected chi connectivity index (χ3v) is 2.99. The Morgan fingerprint density at radius 1 is 1.39 bits per heavy atom. The molecular weight excluding hydrogens is 255 g/mol. The average Bonchev–Trinajstić information content (AvgIpc) is 2.40. The van der Waals surface area contributed by atoms with Crippen LogP contribution in [-0.2, 0) is 6.42 Å². The van der Waals surface area contributed by atoms with Gasteiger partial charge in [-0.2, -0.15) is 0 Å². The Hall–Kier alpha value is -1.56. The van der Waals surface area contributed by atoms with Gasteiger partial charge in [0.1, 0.15) is 12.1 Å². The molecule has 3 N–H and O–H groups in total. The summed E-state index contributed by atoms with van der Waals surface area (Å²) >= 11 is 5.98. The lowest BCUT2D eigenvalue weighted by atomic mass is 10.0. The highest BCUT2D eigenvalue weighted by Gasteiger charge is 2.16. The zero-order chi connectivity index (χ0) is 13.0. The first kappa shape index (κ1) is 12.9. The van der Waals surface area contributed by atoms with Gasteiger partial charge < -0.3 is 0 Å². The summed E-state index contributed by atoms with van der Waals surface area (Å²) in [6.45, 7) is 0. The number of hydrogen-bond acceptors (Lipinski definition) is 4. The van der Waals surface area contributed by atoms with Crippen molar-refractivity contribution in [3.05, 3.63) is 58.9 Å². The molecule has 18 heavy (non-hydrogen) atoms. The fourth-order valence-corrected chi connectivity index (χ4v) is 1.93. The number of nitrogens with two attached hydrogens (primary N) is 1. The molecule has 0 saturated heterocycles. The molecule has 0 amide bonds. The van der Waals surface area contributed by atoms with E-state index in [1.165, 1.54) is 12.4 Å². The van der Waals surface area contributed by atoms with Gasteiger partial charge in [-0.05, 0) is 24.6 Å². The molecule has 6 heteroatoms. The highest BCUT2D eigenvalue weighted by molar-refractivity contribution is 6.31. The summed E-state index contributed by atoms with van der Waals surface area (Å²) in [6, 6.07) is 5.99. The molecule has 0 radical (unpaired) electrons. The zero-order valence-corrected chi connectivity index (χ0v) is 10.2. The Bertz CT molecular complexity index is 500. The molecule has 0 saturated carbocycles. The van der Waals surface area contributed by atoms with Crippen LogP contribution in [0.15, 0.2) is 36.8 Å². The molecule has 1 heterocycles. The first-order valence-electron chi connectivity index (χ1n) is 5.37. The number of benzene rings is 1. The van der Waals surface area contributed by atoms with Gasteiger partial charge in [0.25, 0.3) is 0 Å². The van der Waals surface area contributed by atoms with Crippen LogP contribution in [0.3, 0.4) is 0 Å². The van der Waals surface area contributed by atoms with Gasteiger partial charge in [0, 0.05) is 16.8 Å². The second-order valence-corrected chi connectivity index (χ2v) is 4.17. The van der Waals surface area contributed by atoms with Gasteiger partial charge >= 0.3 is 0 Å². The Labute approximate surface area is 109 Å². The molecule has 0 aliphatic carbocycles. The monoisotopic (exact) mass is 266 g/mol. The van der Waals surface area contributed by atoms with Crippen LogP contribution >= 0.6 is 11.6 Å². The lowest BCUT2D eigenvalue weighted by molar-refractivity contribution is 0.518. The molecule has 1 aromatic carbocycles. The third-order valence-electron chi connectivity index (χ3n) is 2.63. The summed E-state index contributed by atoms with van der Waals surface area (Å²) in [5.74, 6) is 5.13. The normalized spacial score (nSPS) is 12.4. The molecule has 1 atom stereocenters. The Balaban J connectivity index is 2.26. The molecule has 2 rings (SSSR count). The highest BCUT2D eigenvalue weighted by Crippen LogP contribution is 2.24. The van der Waals surface area contributed by atoms with Crippen molar-refractivity contribution in [2.45, 2.75) is 12.5 Å². The summed E-state index contributed by atoms with van der Waals surface area (Å²) < 4.78 is 13.7. The minimum absolute atomic E-state index is 0.317. The van der Waals surface area contributed by atoms with Crippen molar-refractivity contribution >= 4 is 11.6 Å². The molecule has 0 spiro atoms. The largest absolute Gasteiger partial charge is 0.271 e. The van der Waals surface area contributed by atoms with Crippen LogP contribution in [0, 0.1) is 5.82 Å². The third kappa shape index (κ3) is 2.81. The van der Waals surface area contributed by atoms with Crippen molar-refractivity contribution in [2.24, 2.45) is 5.84 Å². The van der Waals surface area contributed by atoms with E-state index in [1.807, 2.05) is 0 Å². The minimum atomic E-state index is -0.350. The first-order valence-corrected chi connectivity index (χ1v) is 5.75. The summed E-state index contributed by atoms with van der Waals surface area (Å²) in [5, 5.41) is 0.379. The quantitative estimate of drug-likeness (QED) is 0.656. The second-order valence-electron chi connectivity index (χ2n) is 3.76. The average molecular weight is 267 g/mol. The summed E-state index contributed by atoms with van der Waals surface area (Å²) in [4.78, 5) is 7.91. The number of nitrogens with zero attached hydrogens (tertiary/aromatic N) is 2. The topological polar surface area (TPSA) is 63.8 Å². The number of hydrogen-bond donors (Lipinski definition) is 2. The van der Waals surface area contributed by atoms with Crippen molar-refractivity contribution < 1.29 is 4.39 Å². The predicted octanol–water partition coefficient (Wildman–Crippen LogP) is 2.02. The lowest BCUT2D eigenvalue weighted by Gasteiger charge is -2.16.